The normalized spacial score (nSPS) is 9.38. The van der Waals surface area contributed by atoms with E-state index in [2.05, 4.69) is 24.5 Å². The van der Waals surface area contributed by atoms with Gasteiger partial charge >= 0.3 is 0 Å². The zero-order chi connectivity index (χ0) is 9.84. The number of hydrogen-bond acceptors (Lipinski definition) is 1. The number of hydrogen-bond donors (Lipinski definition) is 1. The summed E-state index contributed by atoms with van der Waals surface area (Å²) in [6, 6.07) is 8.14. The van der Waals surface area contributed by atoms with E-state index in [1.807, 2.05) is 32.0 Å². The molecule has 0 aromatic heterocycles. The summed E-state index contributed by atoms with van der Waals surface area (Å²) in [4.78, 5) is 0. The molecule has 0 aliphatic carbocycles. The molecule has 0 aliphatic rings. The number of allylic oxidation sites excluding steroid dienone is 2. The van der Waals surface area contributed by atoms with E-state index < -0.39 is 0 Å². The minimum Gasteiger partial charge on any atom is -0.360 e. The smallest absolute Gasteiger partial charge is 0.0387 e. The van der Waals surface area contributed by atoms with Gasteiger partial charge in [-0.2, -0.15) is 0 Å². The predicted octanol–water partition coefficient (Wildman–Crippen LogP) is 3.67. The van der Waals surface area contributed by atoms with E-state index in [0.29, 0.717) is 0 Å². The van der Waals surface area contributed by atoms with Crippen molar-refractivity contribution in [1.29, 1.82) is 0 Å². The number of anilines is 1. The fourth-order valence-corrected chi connectivity index (χ4v) is 1.11. The lowest BCUT2D eigenvalue weighted by Crippen LogP contribution is -1.93. The molecule has 1 heteroatoms. The molecule has 0 atom stereocenters. The van der Waals surface area contributed by atoms with Crippen LogP contribution in [-0.2, 0) is 0 Å². The number of rotatable bonds is 3. The van der Waals surface area contributed by atoms with Crippen LogP contribution in [0.3, 0.4) is 0 Å². The lowest BCUT2D eigenvalue weighted by molar-refractivity contribution is 1.39. The number of nitrogens with one attached hydrogen (secondary N) is 1. The molecule has 1 aromatic carbocycles. The Balaban J connectivity index is 2.91. The third-order valence-electron chi connectivity index (χ3n) is 1.71. The highest BCUT2D eigenvalue weighted by Gasteiger charge is 1.95. The third kappa shape index (κ3) is 2.79. The molecular formula is C12H15N. The summed E-state index contributed by atoms with van der Waals surface area (Å²) in [5.41, 5.74) is 4.24. The lowest BCUT2D eigenvalue weighted by Gasteiger charge is -2.07. The molecule has 0 bridgehead atoms. The first kappa shape index (κ1) is 9.59. The molecule has 1 aromatic rings. The van der Waals surface area contributed by atoms with E-state index >= 15 is 0 Å². The first-order chi connectivity index (χ1) is 6.09. The second-order valence-corrected chi connectivity index (χ2v) is 3.27. The summed E-state index contributed by atoms with van der Waals surface area (Å²) < 4.78 is 0. The van der Waals surface area contributed by atoms with E-state index in [1.165, 1.54) is 0 Å². The van der Waals surface area contributed by atoms with Crippen molar-refractivity contribution in [2.75, 3.05) is 5.32 Å². The van der Waals surface area contributed by atoms with Crippen LogP contribution in [0.5, 0.6) is 0 Å². The largest absolute Gasteiger partial charge is 0.360 e. The first-order valence-corrected chi connectivity index (χ1v) is 4.28. The van der Waals surface area contributed by atoms with Crippen LogP contribution >= 0.6 is 0 Å². The molecule has 1 nitrogen and oxygen atoms in total. The average molecular weight is 173 g/mol. The van der Waals surface area contributed by atoms with Crippen LogP contribution < -0.4 is 5.32 Å². The average Bonchev–Trinajstić information content (AvgIpc) is 2.03. The highest BCUT2D eigenvalue weighted by Crippen LogP contribution is 2.17. The van der Waals surface area contributed by atoms with Gasteiger partial charge in [-0.25, -0.2) is 0 Å². The topological polar surface area (TPSA) is 12.0 Å². The molecule has 0 radical (unpaired) electrons. The van der Waals surface area contributed by atoms with E-state index in [0.717, 1.165) is 22.5 Å². The minimum absolute atomic E-state index is 0.943. The maximum Gasteiger partial charge on any atom is 0.0387 e. The minimum atomic E-state index is 0.943. The van der Waals surface area contributed by atoms with Gasteiger partial charge in [0.25, 0.3) is 0 Å². The Kier molecular flexibility index (Phi) is 2.91. The van der Waals surface area contributed by atoms with Gasteiger partial charge in [0.15, 0.2) is 0 Å². The predicted molar refractivity (Wildman–Crippen MR) is 59.6 cm³/mol. The van der Waals surface area contributed by atoms with Gasteiger partial charge in [-0.1, -0.05) is 30.9 Å². The van der Waals surface area contributed by atoms with Crippen LogP contribution in [0.4, 0.5) is 5.69 Å². The monoisotopic (exact) mass is 173 g/mol. The van der Waals surface area contributed by atoms with Crippen LogP contribution in [-0.4, -0.2) is 0 Å². The molecule has 0 fully saturated rings. The summed E-state index contributed by atoms with van der Waals surface area (Å²) in [7, 11) is 0. The van der Waals surface area contributed by atoms with Crippen molar-refractivity contribution in [3.05, 3.63) is 48.7 Å². The van der Waals surface area contributed by atoms with Crippen molar-refractivity contribution < 1.29 is 0 Å². The zero-order valence-electron chi connectivity index (χ0n) is 8.22. The van der Waals surface area contributed by atoms with E-state index in [-0.39, 0.29) is 0 Å². The molecule has 68 valence electrons. The second-order valence-electron chi connectivity index (χ2n) is 3.27. The molecule has 0 heterocycles. The van der Waals surface area contributed by atoms with Gasteiger partial charge in [-0.3, -0.25) is 0 Å². The van der Waals surface area contributed by atoms with E-state index in [9.17, 15) is 0 Å². The molecule has 0 amide bonds. The maximum absolute atomic E-state index is 3.90. The quantitative estimate of drug-likeness (QED) is 0.735. The van der Waals surface area contributed by atoms with Gasteiger partial charge in [0, 0.05) is 11.4 Å². The standard InChI is InChI=1S/C12H15N/c1-9(2)11-6-5-7-12(8-11)13-10(3)4/h5-8,13H,1,3H2,2,4H3. The van der Waals surface area contributed by atoms with Crippen LogP contribution in [0.1, 0.15) is 19.4 Å². The molecular weight excluding hydrogens is 158 g/mol. The van der Waals surface area contributed by atoms with E-state index in [1.54, 1.807) is 0 Å². The maximum atomic E-state index is 3.90. The fourth-order valence-electron chi connectivity index (χ4n) is 1.11. The number of benzene rings is 1. The lowest BCUT2D eigenvalue weighted by atomic mass is 10.1. The van der Waals surface area contributed by atoms with Crippen molar-refractivity contribution in [2.24, 2.45) is 0 Å². The molecule has 0 aliphatic heterocycles. The first-order valence-electron chi connectivity index (χ1n) is 4.28. The van der Waals surface area contributed by atoms with Crippen LogP contribution in [0.15, 0.2) is 43.1 Å². The van der Waals surface area contributed by atoms with Gasteiger partial charge in [-0.05, 0) is 31.5 Å². The van der Waals surface area contributed by atoms with Crippen molar-refractivity contribution >= 4 is 11.3 Å². The molecule has 0 saturated carbocycles. The van der Waals surface area contributed by atoms with Gasteiger partial charge in [0.1, 0.15) is 0 Å². The van der Waals surface area contributed by atoms with Crippen molar-refractivity contribution in [3.8, 4) is 0 Å². The Morgan fingerprint density at radius 3 is 2.46 bits per heavy atom. The summed E-state index contributed by atoms with van der Waals surface area (Å²) in [6.07, 6.45) is 0. The molecule has 0 spiro atoms. The Morgan fingerprint density at radius 2 is 1.92 bits per heavy atom. The summed E-state index contributed by atoms with van der Waals surface area (Å²) in [5.74, 6) is 0. The molecule has 1 rings (SSSR count). The Bertz CT molecular complexity index is 337. The molecule has 0 saturated heterocycles. The van der Waals surface area contributed by atoms with Gasteiger partial charge in [0.2, 0.25) is 0 Å². The van der Waals surface area contributed by atoms with Crippen LogP contribution in [0.2, 0.25) is 0 Å². The zero-order valence-corrected chi connectivity index (χ0v) is 8.22. The third-order valence-corrected chi connectivity index (χ3v) is 1.71. The fraction of sp³-hybridized carbons (Fsp3) is 0.167. The van der Waals surface area contributed by atoms with Gasteiger partial charge < -0.3 is 5.32 Å². The molecule has 13 heavy (non-hydrogen) atoms. The Hall–Kier alpha value is -1.50. The summed E-state index contributed by atoms with van der Waals surface area (Å²) >= 11 is 0. The van der Waals surface area contributed by atoms with Crippen LogP contribution in [0, 0.1) is 0 Å². The Morgan fingerprint density at radius 1 is 1.23 bits per heavy atom. The highest BCUT2D eigenvalue weighted by atomic mass is 14.9. The Labute approximate surface area is 79.8 Å². The SMILES string of the molecule is C=C(C)Nc1cccc(C(=C)C)c1. The summed E-state index contributed by atoms with van der Waals surface area (Å²) in [6.45, 7) is 11.6. The second kappa shape index (κ2) is 3.94. The van der Waals surface area contributed by atoms with Crippen molar-refractivity contribution in [3.63, 3.8) is 0 Å². The van der Waals surface area contributed by atoms with Gasteiger partial charge in [0.05, 0.1) is 0 Å². The van der Waals surface area contributed by atoms with Crippen molar-refractivity contribution in [2.45, 2.75) is 13.8 Å². The van der Waals surface area contributed by atoms with E-state index in [4.69, 9.17) is 0 Å². The summed E-state index contributed by atoms with van der Waals surface area (Å²) in [5, 5.41) is 3.16. The molecule has 1 N–H and O–H groups in total. The van der Waals surface area contributed by atoms with Crippen LogP contribution in [0.25, 0.3) is 5.57 Å². The van der Waals surface area contributed by atoms with Crippen molar-refractivity contribution in [1.82, 2.24) is 0 Å². The highest BCUT2D eigenvalue weighted by molar-refractivity contribution is 5.66. The molecule has 0 unspecified atom stereocenters. The van der Waals surface area contributed by atoms with Gasteiger partial charge in [-0.15, -0.1) is 0 Å².